The number of aryl methyl sites for hydroxylation is 4. The first-order valence-corrected chi connectivity index (χ1v) is 6.12. The first-order valence-electron chi connectivity index (χ1n) is 6.12. The summed E-state index contributed by atoms with van der Waals surface area (Å²) in [6.07, 6.45) is 0. The van der Waals surface area contributed by atoms with Crippen LogP contribution in [0.4, 0.5) is 0 Å². The fraction of sp³-hybridized carbons (Fsp3) is 0.312. The van der Waals surface area contributed by atoms with Gasteiger partial charge in [-0.05, 0) is 68.7 Å². The van der Waals surface area contributed by atoms with Crippen molar-refractivity contribution in [2.45, 2.75) is 27.7 Å². The number of nitrogens with zero attached hydrogens (tertiary/aromatic N) is 1. The normalized spacial score (nSPS) is 10.5. The fourth-order valence-electron chi connectivity index (χ4n) is 2.26. The zero-order chi connectivity index (χ0) is 13.3. The summed E-state index contributed by atoms with van der Waals surface area (Å²) in [5.41, 5.74) is 6.84. The van der Waals surface area contributed by atoms with Gasteiger partial charge in [-0.2, -0.15) is 0 Å². The highest BCUT2D eigenvalue weighted by Gasteiger charge is 2.08. The number of methoxy groups -OCH3 is 1. The molecular weight excluding hydrogens is 222 g/mol. The molecule has 0 aliphatic rings. The van der Waals surface area contributed by atoms with Gasteiger partial charge in [-0.25, -0.2) is 0 Å². The Balaban J connectivity index is 2.60. The Bertz CT molecular complexity index is 568. The van der Waals surface area contributed by atoms with Crippen LogP contribution in [0.25, 0.3) is 11.3 Å². The Morgan fingerprint density at radius 2 is 1.61 bits per heavy atom. The molecule has 2 aromatic rings. The molecule has 0 aliphatic heterocycles. The van der Waals surface area contributed by atoms with E-state index in [1.165, 1.54) is 16.7 Å². The topological polar surface area (TPSA) is 22.1 Å². The third kappa shape index (κ3) is 2.37. The predicted molar refractivity (Wildman–Crippen MR) is 75.2 cm³/mol. The molecule has 0 radical (unpaired) electrons. The van der Waals surface area contributed by atoms with E-state index in [2.05, 4.69) is 50.0 Å². The Morgan fingerprint density at radius 3 is 2.22 bits per heavy atom. The van der Waals surface area contributed by atoms with Gasteiger partial charge in [-0.1, -0.05) is 0 Å². The van der Waals surface area contributed by atoms with Crippen LogP contribution in [0.15, 0.2) is 24.3 Å². The van der Waals surface area contributed by atoms with Gasteiger partial charge < -0.3 is 4.74 Å². The summed E-state index contributed by atoms with van der Waals surface area (Å²) in [5, 5.41) is 0. The Hall–Kier alpha value is -1.83. The lowest BCUT2D eigenvalue weighted by Crippen LogP contribution is -1.94. The number of hydrogen-bond donors (Lipinski definition) is 0. The van der Waals surface area contributed by atoms with Crippen molar-refractivity contribution in [2.75, 3.05) is 7.11 Å². The van der Waals surface area contributed by atoms with Crippen LogP contribution in [-0.4, -0.2) is 12.1 Å². The molecular formula is C16H19NO. The highest BCUT2D eigenvalue weighted by Crippen LogP contribution is 2.29. The molecule has 1 aromatic heterocycles. The van der Waals surface area contributed by atoms with Gasteiger partial charge in [-0.15, -0.1) is 0 Å². The summed E-state index contributed by atoms with van der Waals surface area (Å²) in [5.74, 6) is 0.931. The maximum atomic E-state index is 5.34. The van der Waals surface area contributed by atoms with Crippen LogP contribution in [0, 0.1) is 27.7 Å². The van der Waals surface area contributed by atoms with Crippen molar-refractivity contribution in [2.24, 2.45) is 0 Å². The molecule has 94 valence electrons. The summed E-state index contributed by atoms with van der Waals surface area (Å²) in [6.45, 7) is 8.28. The first kappa shape index (κ1) is 12.6. The molecule has 2 nitrogen and oxygen atoms in total. The van der Waals surface area contributed by atoms with E-state index in [1.807, 2.05) is 6.92 Å². The maximum absolute atomic E-state index is 5.34. The van der Waals surface area contributed by atoms with Gasteiger partial charge in [0.05, 0.1) is 12.8 Å². The molecule has 0 atom stereocenters. The smallest absolute Gasteiger partial charge is 0.122 e. The zero-order valence-corrected chi connectivity index (χ0v) is 11.7. The van der Waals surface area contributed by atoms with Crippen LogP contribution >= 0.6 is 0 Å². The van der Waals surface area contributed by atoms with Crippen molar-refractivity contribution >= 4 is 0 Å². The molecule has 1 heterocycles. The minimum atomic E-state index is 0.931. The standard InChI is InChI=1S/C16H19NO/c1-10-6-13(4)17-15(7-10)14-8-12(3)16(18-5)9-11(14)2/h6-9H,1-5H3. The Labute approximate surface area is 109 Å². The second-order valence-electron chi connectivity index (χ2n) is 4.81. The van der Waals surface area contributed by atoms with Gasteiger partial charge in [0.1, 0.15) is 5.75 Å². The minimum absolute atomic E-state index is 0.931. The van der Waals surface area contributed by atoms with Crippen molar-refractivity contribution in [1.82, 2.24) is 4.98 Å². The van der Waals surface area contributed by atoms with Gasteiger partial charge in [0.15, 0.2) is 0 Å². The predicted octanol–water partition coefficient (Wildman–Crippen LogP) is 3.99. The number of rotatable bonds is 2. The summed E-state index contributed by atoms with van der Waals surface area (Å²) in [7, 11) is 1.70. The molecule has 0 N–H and O–H groups in total. The zero-order valence-electron chi connectivity index (χ0n) is 11.7. The lowest BCUT2D eigenvalue weighted by atomic mass is 10.0. The van der Waals surface area contributed by atoms with E-state index in [0.29, 0.717) is 0 Å². The number of pyridine rings is 1. The monoisotopic (exact) mass is 241 g/mol. The lowest BCUT2D eigenvalue weighted by molar-refractivity contribution is 0.411. The highest BCUT2D eigenvalue weighted by molar-refractivity contribution is 5.67. The molecule has 0 amide bonds. The van der Waals surface area contributed by atoms with Gasteiger partial charge in [0.2, 0.25) is 0 Å². The molecule has 0 unspecified atom stereocenters. The SMILES string of the molecule is COc1cc(C)c(-c2cc(C)cc(C)n2)cc1C. The van der Waals surface area contributed by atoms with Crippen molar-refractivity contribution in [3.05, 3.63) is 46.6 Å². The summed E-state index contributed by atoms with van der Waals surface area (Å²) < 4.78 is 5.34. The van der Waals surface area contributed by atoms with Crippen LogP contribution in [0.5, 0.6) is 5.75 Å². The van der Waals surface area contributed by atoms with E-state index < -0.39 is 0 Å². The van der Waals surface area contributed by atoms with Crippen molar-refractivity contribution in [3.8, 4) is 17.0 Å². The average Bonchev–Trinajstić information content (AvgIpc) is 2.30. The third-order valence-electron chi connectivity index (χ3n) is 3.12. The average molecular weight is 241 g/mol. The molecule has 0 spiro atoms. The number of ether oxygens (including phenoxy) is 1. The van der Waals surface area contributed by atoms with Crippen LogP contribution in [0.1, 0.15) is 22.4 Å². The van der Waals surface area contributed by atoms with Crippen LogP contribution < -0.4 is 4.74 Å². The van der Waals surface area contributed by atoms with E-state index in [0.717, 1.165) is 22.7 Å². The lowest BCUT2D eigenvalue weighted by Gasteiger charge is -2.12. The van der Waals surface area contributed by atoms with Crippen molar-refractivity contribution in [1.29, 1.82) is 0 Å². The highest BCUT2D eigenvalue weighted by atomic mass is 16.5. The Morgan fingerprint density at radius 1 is 0.889 bits per heavy atom. The fourth-order valence-corrected chi connectivity index (χ4v) is 2.26. The molecule has 0 fully saturated rings. The largest absolute Gasteiger partial charge is 0.496 e. The molecule has 2 heteroatoms. The van der Waals surface area contributed by atoms with Crippen LogP contribution in [0.3, 0.4) is 0 Å². The molecule has 0 aliphatic carbocycles. The molecule has 0 saturated carbocycles. The first-order chi connectivity index (χ1) is 8.51. The quantitative estimate of drug-likeness (QED) is 0.793. The summed E-state index contributed by atoms with van der Waals surface area (Å²) >= 11 is 0. The van der Waals surface area contributed by atoms with Crippen LogP contribution in [0.2, 0.25) is 0 Å². The van der Waals surface area contributed by atoms with E-state index in [1.54, 1.807) is 7.11 Å². The number of aromatic nitrogens is 1. The molecule has 1 aromatic carbocycles. The van der Waals surface area contributed by atoms with E-state index in [9.17, 15) is 0 Å². The number of benzene rings is 1. The van der Waals surface area contributed by atoms with E-state index in [-0.39, 0.29) is 0 Å². The van der Waals surface area contributed by atoms with Gasteiger partial charge in [-0.3, -0.25) is 4.98 Å². The molecule has 2 rings (SSSR count). The van der Waals surface area contributed by atoms with Gasteiger partial charge >= 0.3 is 0 Å². The second kappa shape index (κ2) is 4.81. The van der Waals surface area contributed by atoms with Gasteiger partial charge in [0, 0.05) is 11.3 Å². The Kier molecular flexibility index (Phi) is 3.37. The van der Waals surface area contributed by atoms with Crippen molar-refractivity contribution in [3.63, 3.8) is 0 Å². The van der Waals surface area contributed by atoms with E-state index in [4.69, 9.17) is 4.74 Å². The second-order valence-corrected chi connectivity index (χ2v) is 4.81. The summed E-state index contributed by atoms with van der Waals surface area (Å²) in [6, 6.07) is 8.44. The summed E-state index contributed by atoms with van der Waals surface area (Å²) in [4.78, 5) is 4.62. The maximum Gasteiger partial charge on any atom is 0.122 e. The third-order valence-corrected chi connectivity index (χ3v) is 3.12. The van der Waals surface area contributed by atoms with E-state index >= 15 is 0 Å². The minimum Gasteiger partial charge on any atom is -0.496 e. The van der Waals surface area contributed by atoms with Crippen molar-refractivity contribution < 1.29 is 4.74 Å². The molecule has 18 heavy (non-hydrogen) atoms. The van der Waals surface area contributed by atoms with Gasteiger partial charge in [0.25, 0.3) is 0 Å². The van der Waals surface area contributed by atoms with Crippen LogP contribution in [-0.2, 0) is 0 Å². The molecule has 0 saturated heterocycles. The molecule has 0 bridgehead atoms. The number of hydrogen-bond acceptors (Lipinski definition) is 2.